The Morgan fingerprint density at radius 1 is 0.963 bits per heavy atom. The molecule has 0 aliphatic carbocycles. The molecular weight excluding hydrogens is 344 g/mol. The largest absolute Gasteiger partial charge is 0.368 e. The van der Waals surface area contributed by atoms with Gasteiger partial charge in [0.15, 0.2) is 0 Å². The van der Waals surface area contributed by atoms with E-state index < -0.39 is 0 Å². The van der Waals surface area contributed by atoms with Crippen molar-refractivity contribution in [2.24, 2.45) is 0 Å². The van der Waals surface area contributed by atoms with Crippen LogP contribution in [-0.4, -0.2) is 88.0 Å². The van der Waals surface area contributed by atoms with Crippen molar-refractivity contribution in [1.29, 1.82) is 0 Å². The molecule has 3 rings (SSSR count). The molecule has 2 saturated heterocycles. The van der Waals surface area contributed by atoms with Gasteiger partial charge in [-0.25, -0.2) is 4.79 Å². The van der Waals surface area contributed by atoms with Gasteiger partial charge in [-0.05, 0) is 33.1 Å². The van der Waals surface area contributed by atoms with Crippen LogP contribution < -0.4 is 10.6 Å². The summed E-state index contributed by atoms with van der Waals surface area (Å²) in [5.41, 5.74) is 5.93. The Bertz CT molecular complexity index is 622. The number of hydrogen-bond acceptors (Lipinski definition) is 7. The molecule has 0 aromatic carbocycles. The lowest BCUT2D eigenvalue weighted by Crippen LogP contribution is -2.52. The Morgan fingerprint density at radius 2 is 1.63 bits per heavy atom. The number of aromatic nitrogens is 3. The summed E-state index contributed by atoms with van der Waals surface area (Å²) in [5.74, 6) is 1.70. The monoisotopic (exact) mass is 376 g/mol. The number of carbonyl (C=O) groups is 1. The predicted octanol–water partition coefficient (Wildman–Crippen LogP) is 1.02. The number of piperidine rings is 1. The molecule has 0 atom stereocenters. The lowest BCUT2D eigenvalue weighted by atomic mass is 10.1. The molecule has 1 aromatic heterocycles. The zero-order valence-electron chi connectivity index (χ0n) is 16.6. The maximum absolute atomic E-state index is 12.5. The van der Waals surface area contributed by atoms with Gasteiger partial charge >= 0.3 is 6.03 Å². The van der Waals surface area contributed by atoms with Crippen LogP contribution in [0.2, 0.25) is 0 Å². The molecule has 3 heterocycles. The van der Waals surface area contributed by atoms with Crippen molar-refractivity contribution in [2.75, 3.05) is 63.0 Å². The molecule has 0 spiro atoms. The summed E-state index contributed by atoms with van der Waals surface area (Å²) in [4.78, 5) is 34.1. The maximum atomic E-state index is 12.5. The van der Waals surface area contributed by atoms with Crippen molar-refractivity contribution in [1.82, 2.24) is 29.7 Å². The second-order valence-corrected chi connectivity index (χ2v) is 7.18. The molecule has 2 amide bonds. The number of urea groups is 1. The van der Waals surface area contributed by atoms with E-state index in [4.69, 9.17) is 5.73 Å². The van der Waals surface area contributed by atoms with Gasteiger partial charge < -0.3 is 20.4 Å². The lowest BCUT2D eigenvalue weighted by Gasteiger charge is -2.36. The van der Waals surface area contributed by atoms with Crippen LogP contribution in [-0.2, 0) is 6.54 Å². The molecule has 0 saturated carbocycles. The van der Waals surface area contributed by atoms with E-state index in [9.17, 15) is 4.79 Å². The van der Waals surface area contributed by atoms with Crippen LogP contribution in [0.25, 0.3) is 0 Å². The number of nitrogens with zero attached hydrogens (tertiary/aromatic N) is 7. The molecule has 150 valence electrons. The average Bonchev–Trinajstić information content (AvgIpc) is 2.69. The molecule has 2 fully saturated rings. The van der Waals surface area contributed by atoms with Gasteiger partial charge in [-0.2, -0.15) is 15.0 Å². The quantitative estimate of drug-likeness (QED) is 0.820. The van der Waals surface area contributed by atoms with E-state index >= 15 is 0 Å². The van der Waals surface area contributed by atoms with Gasteiger partial charge in [0.2, 0.25) is 11.9 Å². The van der Waals surface area contributed by atoms with Crippen LogP contribution in [0.3, 0.4) is 0 Å². The maximum Gasteiger partial charge on any atom is 0.320 e. The SMILES string of the molecule is CCN(CC)C(=O)N1CCN(Cc2nc(N)nc(N3CCCCC3)n2)CC1. The number of anilines is 2. The zero-order valence-corrected chi connectivity index (χ0v) is 16.6. The molecule has 2 aliphatic heterocycles. The minimum Gasteiger partial charge on any atom is -0.368 e. The van der Waals surface area contributed by atoms with E-state index in [1.165, 1.54) is 19.3 Å². The molecule has 27 heavy (non-hydrogen) atoms. The Morgan fingerprint density at radius 3 is 2.26 bits per heavy atom. The fourth-order valence-electron chi connectivity index (χ4n) is 3.72. The summed E-state index contributed by atoms with van der Waals surface area (Å²) in [5, 5.41) is 0. The van der Waals surface area contributed by atoms with E-state index in [0.29, 0.717) is 18.3 Å². The first-order chi connectivity index (χ1) is 13.1. The van der Waals surface area contributed by atoms with Gasteiger partial charge in [-0.3, -0.25) is 4.90 Å². The van der Waals surface area contributed by atoms with Gasteiger partial charge in [0.05, 0.1) is 6.54 Å². The van der Waals surface area contributed by atoms with Crippen molar-refractivity contribution in [3.05, 3.63) is 5.82 Å². The predicted molar refractivity (Wildman–Crippen MR) is 105 cm³/mol. The topological polar surface area (TPSA) is 94.7 Å². The number of carbonyl (C=O) groups excluding carboxylic acids is 1. The summed E-state index contributed by atoms with van der Waals surface area (Å²) in [6.45, 7) is 11.2. The molecule has 0 bridgehead atoms. The minimum atomic E-state index is 0.136. The Balaban J connectivity index is 1.57. The first kappa shape index (κ1) is 19.6. The molecular formula is C18H32N8O. The highest BCUT2D eigenvalue weighted by Crippen LogP contribution is 2.17. The van der Waals surface area contributed by atoms with Crippen LogP contribution in [0.5, 0.6) is 0 Å². The van der Waals surface area contributed by atoms with Gasteiger partial charge in [0.25, 0.3) is 0 Å². The number of amides is 2. The fourth-order valence-corrected chi connectivity index (χ4v) is 3.72. The minimum absolute atomic E-state index is 0.136. The smallest absolute Gasteiger partial charge is 0.320 e. The Hall–Kier alpha value is -2.16. The normalized spacial score (nSPS) is 18.6. The highest BCUT2D eigenvalue weighted by Gasteiger charge is 2.25. The zero-order chi connectivity index (χ0) is 19.2. The summed E-state index contributed by atoms with van der Waals surface area (Å²) >= 11 is 0. The molecule has 0 unspecified atom stereocenters. The third-order valence-corrected chi connectivity index (χ3v) is 5.37. The van der Waals surface area contributed by atoms with Crippen LogP contribution in [0.15, 0.2) is 0 Å². The summed E-state index contributed by atoms with van der Waals surface area (Å²) in [6.07, 6.45) is 3.60. The molecule has 1 aromatic rings. The van der Waals surface area contributed by atoms with E-state index in [1.54, 1.807) is 0 Å². The molecule has 2 N–H and O–H groups in total. The summed E-state index contributed by atoms with van der Waals surface area (Å²) < 4.78 is 0. The third kappa shape index (κ3) is 4.97. The number of hydrogen-bond donors (Lipinski definition) is 1. The highest BCUT2D eigenvalue weighted by molar-refractivity contribution is 5.74. The average molecular weight is 377 g/mol. The van der Waals surface area contributed by atoms with Crippen LogP contribution in [0.4, 0.5) is 16.7 Å². The second kappa shape index (κ2) is 9.16. The van der Waals surface area contributed by atoms with Crippen molar-refractivity contribution < 1.29 is 4.79 Å². The van der Waals surface area contributed by atoms with Gasteiger partial charge in [0.1, 0.15) is 5.82 Å². The summed E-state index contributed by atoms with van der Waals surface area (Å²) in [7, 11) is 0. The first-order valence-corrected chi connectivity index (χ1v) is 10.1. The number of piperazine rings is 1. The Kier molecular flexibility index (Phi) is 6.65. The van der Waals surface area contributed by atoms with Crippen LogP contribution in [0.1, 0.15) is 38.9 Å². The van der Waals surface area contributed by atoms with Crippen LogP contribution in [0, 0.1) is 0 Å². The van der Waals surface area contributed by atoms with Crippen molar-refractivity contribution in [2.45, 2.75) is 39.7 Å². The van der Waals surface area contributed by atoms with E-state index in [1.807, 2.05) is 23.6 Å². The first-order valence-electron chi connectivity index (χ1n) is 10.1. The highest BCUT2D eigenvalue weighted by atomic mass is 16.2. The van der Waals surface area contributed by atoms with Gasteiger partial charge in [-0.1, -0.05) is 0 Å². The van der Waals surface area contributed by atoms with Gasteiger partial charge in [-0.15, -0.1) is 0 Å². The fraction of sp³-hybridized carbons (Fsp3) is 0.778. The standard InChI is InChI=1S/C18H32N8O/c1-3-24(4-2)18(27)26-12-10-23(11-13-26)14-15-20-16(19)22-17(21-15)25-8-6-5-7-9-25/h3-14H2,1-2H3,(H2,19,20,21,22). The molecule has 9 heteroatoms. The number of nitrogen functional groups attached to an aromatic ring is 1. The number of rotatable bonds is 5. The second-order valence-electron chi connectivity index (χ2n) is 7.18. The lowest BCUT2D eigenvalue weighted by molar-refractivity contribution is 0.111. The van der Waals surface area contributed by atoms with E-state index in [2.05, 4.69) is 24.8 Å². The molecule has 0 radical (unpaired) electrons. The van der Waals surface area contributed by atoms with E-state index in [-0.39, 0.29) is 12.0 Å². The van der Waals surface area contributed by atoms with Gasteiger partial charge in [0, 0.05) is 52.4 Å². The molecule has 2 aliphatic rings. The number of nitrogens with two attached hydrogens (primary N) is 1. The Labute approximate surface area is 161 Å². The third-order valence-electron chi connectivity index (χ3n) is 5.37. The van der Waals surface area contributed by atoms with Crippen molar-refractivity contribution in [3.63, 3.8) is 0 Å². The van der Waals surface area contributed by atoms with Crippen molar-refractivity contribution in [3.8, 4) is 0 Å². The van der Waals surface area contributed by atoms with Crippen molar-refractivity contribution >= 4 is 17.9 Å². The van der Waals surface area contributed by atoms with Crippen LogP contribution >= 0.6 is 0 Å². The van der Waals surface area contributed by atoms with E-state index in [0.717, 1.165) is 52.4 Å². The molecule has 9 nitrogen and oxygen atoms in total. The summed E-state index contributed by atoms with van der Waals surface area (Å²) in [6, 6.07) is 0.136.